The molecule has 3 aliphatic rings. The van der Waals surface area contributed by atoms with Crippen molar-refractivity contribution in [2.24, 2.45) is 0 Å². The van der Waals surface area contributed by atoms with Crippen LogP contribution in [0.1, 0.15) is 48.9 Å². The number of ether oxygens (including phenoxy) is 2. The van der Waals surface area contributed by atoms with Crippen LogP contribution in [0.2, 0.25) is 0 Å². The van der Waals surface area contributed by atoms with Crippen LogP contribution in [-0.4, -0.2) is 52.2 Å². The van der Waals surface area contributed by atoms with E-state index in [1.54, 1.807) is 33.7 Å². The first-order chi connectivity index (χ1) is 15.6. The molecule has 0 amide bonds. The van der Waals surface area contributed by atoms with Crippen LogP contribution in [0.4, 0.5) is 4.39 Å². The number of piperazine rings is 1. The van der Waals surface area contributed by atoms with Crippen LogP contribution < -0.4 is 9.80 Å². The van der Waals surface area contributed by atoms with Crippen LogP contribution >= 0.6 is 11.8 Å². The Bertz CT molecular complexity index is 939. The molecule has 2 aromatic rings. The molecule has 3 heterocycles. The average molecular weight is 459 g/mol. The number of nitrogens with one attached hydrogen (secondary N) is 2. The predicted molar refractivity (Wildman–Crippen MR) is 124 cm³/mol. The molecule has 2 fully saturated rings. The van der Waals surface area contributed by atoms with E-state index in [2.05, 4.69) is 32.0 Å². The molecule has 3 aliphatic heterocycles. The van der Waals surface area contributed by atoms with Crippen molar-refractivity contribution in [2.75, 3.05) is 45.9 Å². The molecule has 2 aromatic carbocycles. The van der Waals surface area contributed by atoms with Crippen LogP contribution in [0.3, 0.4) is 0 Å². The van der Waals surface area contributed by atoms with Crippen molar-refractivity contribution in [3.8, 4) is 0 Å². The second-order valence-electron chi connectivity index (χ2n) is 9.68. The molecule has 5 rings (SSSR count). The Morgan fingerprint density at radius 1 is 1.00 bits per heavy atom. The van der Waals surface area contributed by atoms with E-state index >= 15 is 0 Å². The van der Waals surface area contributed by atoms with Crippen LogP contribution in [0.25, 0.3) is 0 Å². The van der Waals surface area contributed by atoms with Crippen LogP contribution in [0.15, 0.2) is 46.2 Å². The molecule has 4 nitrogen and oxygen atoms in total. The number of quaternary nitrogens is 2. The Labute approximate surface area is 195 Å². The molecule has 1 atom stereocenters. The SMILES string of the molecule is CC(C)c1ccc2c(c1)[C@H]([NH+]1CC[NH+](CCC3OCCO3)CC1)Cc1ccc(F)cc1S2. The van der Waals surface area contributed by atoms with Crippen molar-refractivity contribution < 1.29 is 23.7 Å². The molecule has 172 valence electrons. The van der Waals surface area contributed by atoms with E-state index in [-0.39, 0.29) is 12.1 Å². The highest BCUT2D eigenvalue weighted by atomic mass is 32.2. The normalized spacial score (nSPS) is 26.1. The molecule has 0 unspecified atom stereocenters. The van der Waals surface area contributed by atoms with Gasteiger partial charge in [0.1, 0.15) is 38.0 Å². The zero-order chi connectivity index (χ0) is 22.1. The minimum absolute atomic E-state index is 0.00462. The van der Waals surface area contributed by atoms with Crippen molar-refractivity contribution in [1.29, 1.82) is 0 Å². The first kappa shape index (κ1) is 22.4. The van der Waals surface area contributed by atoms with Crippen molar-refractivity contribution in [3.63, 3.8) is 0 Å². The maximum Gasteiger partial charge on any atom is 0.163 e. The fourth-order valence-electron chi connectivity index (χ4n) is 5.31. The van der Waals surface area contributed by atoms with E-state index < -0.39 is 0 Å². The van der Waals surface area contributed by atoms with Gasteiger partial charge in [0.05, 0.1) is 19.8 Å². The lowest BCUT2D eigenvalue weighted by Crippen LogP contribution is -3.28. The average Bonchev–Trinajstić information content (AvgIpc) is 3.26. The molecule has 6 heteroatoms. The lowest BCUT2D eigenvalue weighted by Gasteiger charge is -2.35. The zero-order valence-electron chi connectivity index (χ0n) is 19.2. The highest BCUT2D eigenvalue weighted by Gasteiger charge is 2.35. The maximum atomic E-state index is 14.0. The fourth-order valence-corrected chi connectivity index (χ4v) is 6.46. The molecule has 2 N–H and O–H groups in total. The molecule has 0 aliphatic carbocycles. The van der Waals surface area contributed by atoms with Gasteiger partial charge in [-0.1, -0.05) is 37.7 Å². The van der Waals surface area contributed by atoms with Crippen molar-refractivity contribution in [1.82, 2.24) is 0 Å². The molecule has 0 bridgehead atoms. The van der Waals surface area contributed by atoms with Gasteiger partial charge in [-0.05, 0) is 41.3 Å². The molecule has 0 aromatic heterocycles. The maximum absolute atomic E-state index is 14.0. The summed E-state index contributed by atoms with van der Waals surface area (Å²) in [5, 5.41) is 0. The molecule has 0 saturated carbocycles. The third kappa shape index (κ3) is 4.90. The molecule has 32 heavy (non-hydrogen) atoms. The third-order valence-electron chi connectivity index (χ3n) is 7.27. The summed E-state index contributed by atoms with van der Waals surface area (Å²) in [6.07, 6.45) is 1.97. The lowest BCUT2D eigenvalue weighted by molar-refractivity contribution is -1.03. The Morgan fingerprint density at radius 3 is 2.53 bits per heavy atom. The van der Waals surface area contributed by atoms with Gasteiger partial charge in [0.2, 0.25) is 0 Å². The van der Waals surface area contributed by atoms with Crippen molar-refractivity contribution >= 4 is 11.8 Å². The highest BCUT2D eigenvalue weighted by Crippen LogP contribution is 2.41. The van der Waals surface area contributed by atoms with Gasteiger partial charge in [-0.25, -0.2) is 4.39 Å². The molecule has 0 radical (unpaired) electrons. The number of rotatable bonds is 5. The minimum Gasteiger partial charge on any atom is -0.350 e. The first-order valence-corrected chi connectivity index (χ1v) is 12.9. The van der Waals surface area contributed by atoms with E-state index in [4.69, 9.17) is 9.47 Å². The van der Waals surface area contributed by atoms with Gasteiger partial charge < -0.3 is 19.3 Å². The smallest absolute Gasteiger partial charge is 0.163 e. The van der Waals surface area contributed by atoms with Gasteiger partial charge in [-0.15, -0.1) is 0 Å². The van der Waals surface area contributed by atoms with E-state index in [0.29, 0.717) is 12.0 Å². The topological polar surface area (TPSA) is 27.3 Å². The Hall–Kier alpha value is -1.44. The first-order valence-electron chi connectivity index (χ1n) is 12.1. The lowest BCUT2D eigenvalue weighted by atomic mass is 9.93. The Morgan fingerprint density at radius 2 is 1.78 bits per heavy atom. The second-order valence-corrected chi connectivity index (χ2v) is 10.8. The predicted octanol–water partition coefficient (Wildman–Crippen LogP) is 2.24. The van der Waals surface area contributed by atoms with Gasteiger partial charge in [-0.3, -0.25) is 0 Å². The molecule has 2 saturated heterocycles. The highest BCUT2D eigenvalue weighted by molar-refractivity contribution is 7.99. The summed E-state index contributed by atoms with van der Waals surface area (Å²) in [5.74, 6) is 0.361. The van der Waals surface area contributed by atoms with Gasteiger partial charge in [0.15, 0.2) is 6.29 Å². The van der Waals surface area contributed by atoms with E-state index in [0.717, 1.165) is 37.5 Å². The van der Waals surface area contributed by atoms with Gasteiger partial charge >= 0.3 is 0 Å². The third-order valence-corrected chi connectivity index (χ3v) is 8.46. The minimum atomic E-state index is -0.144. The van der Waals surface area contributed by atoms with Gasteiger partial charge in [0, 0.05) is 28.2 Å². The fraction of sp³-hybridized carbons (Fsp3) is 0.538. The van der Waals surface area contributed by atoms with Gasteiger partial charge in [-0.2, -0.15) is 0 Å². The number of halogens is 1. The summed E-state index contributed by atoms with van der Waals surface area (Å²) in [5.41, 5.74) is 4.12. The van der Waals surface area contributed by atoms with Crippen LogP contribution in [0, 0.1) is 5.82 Å². The van der Waals surface area contributed by atoms with Gasteiger partial charge in [0.25, 0.3) is 0 Å². The standard InChI is InChI=1S/C26H33FN2O2S/c1-18(2)19-4-6-24-22(15-19)23(16-20-3-5-21(27)17-25(20)32-24)29-11-9-28(10-12-29)8-7-26-30-13-14-31-26/h3-6,15,17-18,23,26H,7-14,16H2,1-2H3/p+2/t23-/m1/s1. The monoisotopic (exact) mass is 458 g/mol. The summed E-state index contributed by atoms with van der Waals surface area (Å²) >= 11 is 1.74. The summed E-state index contributed by atoms with van der Waals surface area (Å²) in [6.45, 7) is 11.8. The molecule has 0 spiro atoms. The second kappa shape index (κ2) is 9.82. The quantitative estimate of drug-likeness (QED) is 0.720. The van der Waals surface area contributed by atoms with Crippen LogP contribution in [0.5, 0.6) is 0 Å². The van der Waals surface area contributed by atoms with E-state index in [1.165, 1.54) is 47.8 Å². The van der Waals surface area contributed by atoms with Crippen molar-refractivity contribution in [2.45, 2.75) is 54.7 Å². The van der Waals surface area contributed by atoms with E-state index in [9.17, 15) is 4.39 Å². The summed E-state index contributed by atoms with van der Waals surface area (Å²) in [6, 6.07) is 12.7. The summed E-state index contributed by atoms with van der Waals surface area (Å²) < 4.78 is 25.2. The Balaban J connectivity index is 1.35. The molecular formula is C26H35FN2O2S+2. The zero-order valence-corrected chi connectivity index (χ0v) is 20.0. The number of fused-ring (bicyclic) bond motifs is 2. The van der Waals surface area contributed by atoms with E-state index in [1.807, 2.05) is 6.07 Å². The molecular weight excluding hydrogens is 423 g/mol. The number of hydrogen-bond donors (Lipinski definition) is 2. The Kier molecular flexibility index (Phi) is 6.86. The van der Waals surface area contributed by atoms with Crippen molar-refractivity contribution in [3.05, 3.63) is 58.9 Å². The number of hydrogen-bond acceptors (Lipinski definition) is 3. The van der Waals surface area contributed by atoms with Crippen LogP contribution in [-0.2, 0) is 15.9 Å². The number of benzene rings is 2. The largest absolute Gasteiger partial charge is 0.350 e. The summed E-state index contributed by atoms with van der Waals surface area (Å²) in [4.78, 5) is 5.70. The summed E-state index contributed by atoms with van der Waals surface area (Å²) in [7, 11) is 0.